The van der Waals surface area contributed by atoms with Gasteiger partial charge in [0.1, 0.15) is 5.82 Å². The quantitative estimate of drug-likeness (QED) is 0.685. The Morgan fingerprint density at radius 3 is 2.70 bits per heavy atom. The number of para-hydroxylation sites is 2. The molecule has 5 heteroatoms. The average Bonchev–Trinajstić information content (AvgIpc) is 2.63. The smallest absolute Gasteiger partial charge is 0.258 e. The van der Waals surface area contributed by atoms with Gasteiger partial charge < -0.3 is 10.3 Å². The zero-order valence-corrected chi connectivity index (χ0v) is 16.0. The largest absolute Gasteiger partial charge is 0.326 e. The Hall–Kier alpha value is -2.95. The van der Waals surface area contributed by atoms with E-state index in [2.05, 4.69) is 35.2 Å². The van der Waals surface area contributed by atoms with E-state index >= 15 is 0 Å². The Labute approximate surface area is 158 Å². The molecule has 0 saturated heterocycles. The van der Waals surface area contributed by atoms with E-state index in [1.165, 1.54) is 0 Å². The lowest BCUT2D eigenvalue weighted by Gasteiger charge is -2.16. The number of H-pyrrole nitrogens is 1. The van der Waals surface area contributed by atoms with Crippen LogP contribution in [0, 0.1) is 6.92 Å². The number of carbonyl (C=O) groups is 1. The molecule has 0 aliphatic rings. The van der Waals surface area contributed by atoms with E-state index in [4.69, 9.17) is 0 Å². The van der Waals surface area contributed by atoms with E-state index in [0.717, 1.165) is 16.8 Å². The highest BCUT2D eigenvalue weighted by Crippen LogP contribution is 2.27. The lowest BCUT2D eigenvalue weighted by Crippen LogP contribution is -2.16. The second-order valence-corrected chi connectivity index (χ2v) is 7.13. The van der Waals surface area contributed by atoms with Crippen LogP contribution in [0.4, 0.5) is 5.69 Å². The third kappa shape index (κ3) is 4.42. The van der Waals surface area contributed by atoms with Crippen LogP contribution in [0.15, 0.2) is 47.3 Å². The highest BCUT2D eigenvalue weighted by molar-refractivity contribution is 5.92. The number of hydrogen-bond donors (Lipinski definition) is 2. The fraction of sp³-hybridized carbons (Fsp3) is 0.318. The first-order valence-corrected chi connectivity index (χ1v) is 9.33. The van der Waals surface area contributed by atoms with Gasteiger partial charge in [0.05, 0.1) is 10.9 Å². The fourth-order valence-corrected chi connectivity index (χ4v) is 3.21. The zero-order valence-electron chi connectivity index (χ0n) is 16.0. The maximum atomic E-state index is 12.4. The van der Waals surface area contributed by atoms with Crippen molar-refractivity contribution < 1.29 is 4.79 Å². The van der Waals surface area contributed by atoms with E-state index in [1.807, 2.05) is 37.3 Å². The molecule has 0 atom stereocenters. The lowest BCUT2D eigenvalue weighted by atomic mass is 9.98. The minimum atomic E-state index is -0.137. The first kappa shape index (κ1) is 18.8. The third-order valence-corrected chi connectivity index (χ3v) is 4.67. The summed E-state index contributed by atoms with van der Waals surface area (Å²) in [7, 11) is 0. The second kappa shape index (κ2) is 8.16. The van der Waals surface area contributed by atoms with Crippen molar-refractivity contribution in [2.24, 2.45) is 0 Å². The summed E-state index contributed by atoms with van der Waals surface area (Å²) < 4.78 is 0. The summed E-state index contributed by atoms with van der Waals surface area (Å²) in [5, 5.41) is 3.64. The van der Waals surface area contributed by atoms with E-state index in [-0.39, 0.29) is 11.5 Å². The van der Waals surface area contributed by atoms with Crippen LogP contribution in [0.1, 0.15) is 49.6 Å². The number of nitrogens with one attached hydrogen (secondary N) is 2. The number of anilines is 1. The van der Waals surface area contributed by atoms with Crippen LogP contribution >= 0.6 is 0 Å². The molecule has 2 N–H and O–H groups in total. The summed E-state index contributed by atoms with van der Waals surface area (Å²) in [5.41, 5.74) is 3.66. The van der Waals surface area contributed by atoms with Crippen molar-refractivity contribution >= 4 is 22.5 Å². The number of aryl methyl sites for hydroxylation is 2. The maximum Gasteiger partial charge on any atom is 0.258 e. The number of fused-ring (bicyclic) bond motifs is 1. The van der Waals surface area contributed by atoms with Gasteiger partial charge in [0.2, 0.25) is 5.91 Å². The lowest BCUT2D eigenvalue weighted by molar-refractivity contribution is -0.116. The Balaban J connectivity index is 1.63. The molecule has 2 aromatic carbocycles. The number of benzene rings is 2. The molecule has 0 spiro atoms. The van der Waals surface area contributed by atoms with Crippen molar-refractivity contribution in [1.82, 2.24) is 9.97 Å². The third-order valence-electron chi connectivity index (χ3n) is 4.67. The summed E-state index contributed by atoms with van der Waals surface area (Å²) >= 11 is 0. The highest BCUT2D eigenvalue weighted by atomic mass is 16.1. The SMILES string of the molecule is Cc1cccc(C(C)C)c1NC(=O)CCCc1nc2ccccc2c(=O)[nH]1. The average molecular weight is 363 g/mol. The summed E-state index contributed by atoms with van der Waals surface area (Å²) in [6.45, 7) is 6.24. The highest BCUT2D eigenvalue weighted by Gasteiger charge is 2.12. The van der Waals surface area contributed by atoms with Crippen LogP contribution in [0.2, 0.25) is 0 Å². The van der Waals surface area contributed by atoms with Gasteiger partial charge in [-0.2, -0.15) is 0 Å². The monoisotopic (exact) mass is 363 g/mol. The number of nitrogens with zero attached hydrogens (tertiary/aromatic N) is 1. The van der Waals surface area contributed by atoms with Gasteiger partial charge in [-0.05, 0) is 42.5 Å². The van der Waals surface area contributed by atoms with Crippen molar-refractivity contribution in [2.45, 2.75) is 46.0 Å². The van der Waals surface area contributed by atoms with Gasteiger partial charge in [0, 0.05) is 18.5 Å². The number of carbonyl (C=O) groups excluding carboxylic acids is 1. The van der Waals surface area contributed by atoms with E-state index < -0.39 is 0 Å². The van der Waals surface area contributed by atoms with Crippen LogP contribution in [0.25, 0.3) is 10.9 Å². The fourth-order valence-electron chi connectivity index (χ4n) is 3.21. The standard InChI is InChI=1S/C22H25N3O2/c1-14(2)16-10-6-8-15(3)21(16)25-20(26)13-7-12-19-23-18-11-5-4-9-17(18)22(27)24-19/h4-6,8-11,14H,7,12-13H2,1-3H3,(H,25,26)(H,23,24,27). The molecule has 0 saturated carbocycles. The zero-order chi connectivity index (χ0) is 19.4. The number of hydrogen-bond acceptors (Lipinski definition) is 3. The van der Waals surface area contributed by atoms with Crippen LogP contribution < -0.4 is 10.9 Å². The molecule has 1 aromatic heterocycles. The molecule has 1 amide bonds. The van der Waals surface area contributed by atoms with Gasteiger partial charge >= 0.3 is 0 Å². The molecule has 0 fully saturated rings. The Bertz CT molecular complexity index is 1020. The Kier molecular flexibility index (Phi) is 5.69. The molecular weight excluding hydrogens is 338 g/mol. The molecule has 27 heavy (non-hydrogen) atoms. The summed E-state index contributed by atoms with van der Waals surface area (Å²) in [6.07, 6.45) is 1.55. The van der Waals surface area contributed by atoms with Crippen LogP contribution in [-0.4, -0.2) is 15.9 Å². The van der Waals surface area contributed by atoms with E-state index in [0.29, 0.717) is 41.9 Å². The van der Waals surface area contributed by atoms with Gasteiger partial charge in [0.15, 0.2) is 0 Å². The van der Waals surface area contributed by atoms with Crippen molar-refractivity contribution in [3.63, 3.8) is 0 Å². The first-order chi connectivity index (χ1) is 13.0. The molecule has 0 aliphatic carbocycles. The number of rotatable bonds is 6. The summed E-state index contributed by atoms with van der Waals surface area (Å²) in [4.78, 5) is 31.8. The van der Waals surface area contributed by atoms with Gasteiger partial charge in [-0.1, -0.05) is 44.2 Å². The van der Waals surface area contributed by atoms with Crippen LogP contribution in [-0.2, 0) is 11.2 Å². The van der Waals surface area contributed by atoms with Gasteiger partial charge in [-0.15, -0.1) is 0 Å². The molecular formula is C22H25N3O2. The molecule has 5 nitrogen and oxygen atoms in total. The molecule has 0 unspecified atom stereocenters. The molecule has 0 radical (unpaired) electrons. The predicted octanol–water partition coefficient (Wildman–Crippen LogP) is 4.32. The predicted molar refractivity (Wildman–Crippen MR) is 109 cm³/mol. The Morgan fingerprint density at radius 2 is 1.93 bits per heavy atom. The summed E-state index contributed by atoms with van der Waals surface area (Å²) in [6, 6.07) is 13.3. The van der Waals surface area contributed by atoms with Gasteiger partial charge in [-0.3, -0.25) is 9.59 Å². The first-order valence-electron chi connectivity index (χ1n) is 9.33. The van der Waals surface area contributed by atoms with E-state index in [9.17, 15) is 9.59 Å². The minimum Gasteiger partial charge on any atom is -0.326 e. The van der Waals surface area contributed by atoms with Crippen molar-refractivity contribution in [3.05, 3.63) is 69.8 Å². The van der Waals surface area contributed by atoms with Crippen LogP contribution in [0.5, 0.6) is 0 Å². The number of aromatic amines is 1. The number of amides is 1. The molecule has 0 aliphatic heterocycles. The number of aromatic nitrogens is 2. The topological polar surface area (TPSA) is 74.8 Å². The van der Waals surface area contributed by atoms with E-state index in [1.54, 1.807) is 6.07 Å². The van der Waals surface area contributed by atoms with Crippen molar-refractivity contribution in [1.29, 1.82) is 0 Å². The molecule has 0 bridgehead atoms. The van der Waals surface area contributed by atoms with Crippen molar-refractivity contribution in [3.8, 4) is 0 Å². The second-order valence-electron chi connectivity index (χ2n) is 7.13. The summed E-state index contributed by atoms with van der Waals surface area (Å²) in [5.74, 6) is 0.937. The maximum absolute atomic E-state index is 12.4. The molecule has 1 heterocycles. The minimum absolute atomic E-state index is 0.0191. The van der Waals surface area contributed by atoms with Crippen molar-refractivity contribution in [2.75, 3.05) is 5.32 Å². The molecule has 3 rings (SSSR count). The Morgan fingerprint density at radius 1 is 1.15 bits per heavy atom. The molecule has 140 valence electrons. The normalized spacial score (nSPS) is 11.1. The van der Waals surface area contributed by atoms with Gasteiger partial charge in [0.25, 0.3) is 5.56 Å². The van der Waals surface area contributed by atoms with Gasteiger partial charge in [-0.25, -0.2) is 4.98 Å². The molecule has 3 aromatic rings. The van der Waals surface area contributed by atoms with Crippen LogP contribution in [0.3, 0.4) is 0 Å².